The van der Waals surface area contributed by atoms with Gasteiger partial charge in [-0.25, -0.2) is 0 Å². The summed E-state index contributed by atoms with van der Waals surface area (Å²) in [6.45, 7) is 0. The summed E-state index contributed by atoms with van der Waals surface area (Å²) in [6, 6.07) is 0. The van der Waals surface area contributed by atoms with Gasteiger partial charge in [-0.3, -0.25) is 0 Å². The van der Waals surface area contributed by atoms with E-state index in [1.54, 1.807) is 0 Å². The predicted octanol–water partition coefficient (Wildman–Crippen LogP) is 0.364. The molecule has 0 unspecified atom stereocenters. The van der Waals surface area contributed by atoms with E-state index in [9.17, 15) is 4.79 Å². The molecule has 0 aliphatic carbocycles. The standard InChI is InChI=1S/C6H3Cl2N2O2.Tl/c1-12-5(11)3-2-4(7)10-6(8)9-3;/h1H3;. The van der Waals surface area contributed by atoms with E-state index in [4.69, 9.17) is 23.2 Å². The number of methoxy groups -OCH3 is 1. The van der Waals surface area contributed by atoms with Gasteiger partial charge in [0, 0.05) is 0 Å². The van der Waals surface area contributed by atoms with Crippen molar-refractivity contribution in [2.45, 2.75) is 0 Å². The molecular weight excluding hydrogens is 407 g/mol. The molecule has 0 aliphatic rings. The summed E-state index contributed by atoms with van der Waals surface area (Å²) in [5.74, 6) is -0.538. The Balaban J connectivity index is 3.28. The fourth-order valence-electron chi connectivity index (χ4n) is 0.669. The monoisotopic (exact) mass is 410 g/mol. The van der Waals surface area contributed by atoms with Crippen molar-refractivity contribution in [3.05, 3.63) is 16.1 Å². The van der Waals surface area contributed by atoms with Crippen molar-refractivity contribution in [1.82, 2.24) is 9.97 Å². The first-order chi connectivity index (χ1) is 6.06. The van der Waals surface area contributed by atoms with E-state index < -0.39 is 5.97 Å². The van der Waals surface area contributed by atoms with Gasteiger partial charge in [0.2, 0.25) is 0 Å². The number of hydrogen-bond acceptors (Lipinski definition) is 4. The fourth-order valence-corrected chi connectivity index (χ4v) is 2.01. The van der Waals surface area contributed by atoms with Crippen LogP contribution in [0.25, 0.3) is 0 Å². The number of esters is 1. The molecule has 0 saturated carbocycles. The zero-order chi connectivity index (χ0) is 10.0. The number of aromatic nitrogens is 2. The molecule has 0 saturated heterocycles. The Bertz CT molecular complexity index is 359. The van der Waals surface area contributed by atoms with Crippen LogP contribution in [0.1, 0.15) is 10.5 Å². The summed E-state index contributed by atoms with van der Waals surface area (Å²) in [4.78, 5) is 18.6. The summed E-state index contributed by atoms with van der Waals surface area (Å²) in [6.07, 6.45) is 0. The molecule has 0 radical (unpaired) electrons. The molecule has 4 nitrogen and oxygen atoms in total. The van der Waals surface area contributed by atoms with Crippen LogP contribution in [0.4, 0.5) is 0 Å². The maximum atomic E-state index is 11.1. The Kier molecular flexibility index (Phi) is 3.87. The number of nitrogens with zero attached hydrogens (tertiary/aromatic N) is 2. The van der Waals surface area contributed by atoms with E-state index >= 15 is 0 Å². The normalized spacial score (nSPS) is 9.69. The van der Waals surface area contributed by atoms with Crippen LogP contribution in [0, 0.1) is 0 Å². The van der Waals surface area contributed by atoms with Gasteiger partial charge in [-0.15, -0.1) is 0 Å². The third-order valence-corrected chi connectivity index (χ3v) is 4.55. The quantitative estimate of drug-likeness (QED) is 0.291. The van der Waals surface area contributed by atoms with Gasteiger partial charge < -0.3 is 0 Å². The Morgan fingerprint density at radius 1 is 1.46 bits per heavy atom. The Morgan fingerprint density at radius 3 is 2.62 bits per heavy atom. The molecule has 1 rings (SSSR count). The fraction of sp³-hybridized carbons (Fsp3) is 0.167. The third kappa shape index (κ3) is 2.50. The summed E-state index contributed by atoms with van der Waals surface area (Å²) in [5, 5.41) is 0.181. The van der Waals surface area contributed by atoms with Gasteiger partial charge in [0.15, 0.2) is 0 Å². The molecule has 0 bridgehead atoms. The average molecular weight is 410 g/mol. The van der Waals surface area contributed by atoms with Crippen LogP contribution < -0.4 is 3.12 Å². The van der Waals surface area contributed by atoms with E-state index in [2.05, 4.69) is 14.7 Å². The van der Waals surface area contributed by atoms with Crippen LogP contribution in [0.2, 0.25) is 10.4 Å². The van der Waals surface area contributed by atoms with E-state index in [1.807, 2.05) is 0 Å². The van der Waals surface area contributed by atoms with E-state index in [1.165, 1.54) is 7.11 Å². The van der Waals surface area contributed by atoms with E-state index in [-0.39, 0.29) is 16.1 Å². The molecule has 0 aliphatic heterocycles. The number of rotatable bonds is 1. The second-order valence-electron chi connectivity index (χ2n) is 2.04. The number of carbonyl (C=O) groups is 1. The Labute approximate surface area is 100 Å². The third-order valence-electron chi connectivity index (χ3n) is 1.25. The minimum absolute atomic E-state index is 0.0465. The van der Waals surface area contributed by atoms with Gasteiger partial charge in [0.25, 0.3) is 0 Å². The summed E-state index contributed by atoms with van der Waals surface area (Å²) in [7, 11) is 1.27. The predicted molar refractivity (Wildman–Crippen MR) is 48.8 cm³/mol. The van der Waals surface area contributed by atoms with Gasteiger partial charge in [0.1, 0.15) is 0 Å². The van der Waals surface area contributed by atoms with Crippen molar-refractivity contribution in [1.29, 1.82) is 0 Å². The summed E-state index contributed by atoms with van der Waals surface area (Å²) < 4.78 is 5.13. The van der Waals surface area contributed by atoms with Gasteiger partial charge in [0.05, 0.1) is 0 Å². The molecule has 13 heavy (non-hydrogen) atoms. The Morgan fingerprint density at radius 2 is 2.08 bits per heavy atom. The first-order valence-electron chi connectivity index (χ1n) is 3.13. The van der Waals surface area contributed by atoms with Crippen LogP contribution in [-0.2, 0) is 4.74 Å². The second-order valence-corrected chi connectivity index (χ2v) is 4.98. The van der Waals surface area contributed by atoms with Gasteiger partial charge in [-0.05, 0) is 0 Å². The van der Waals surface area contributed by atoms with E-state index in [0.29, 0.717) is 28.9 Å². The van der Waals surface area contributed by atoms with Crippen LogP contribution in [-0.4, -0.2) is 48.8 Å². The number of carbonyl (C=O) groups excluding carboxylic acids is 1. The molecule has 0 fully saturated rings. The molecule has 7 heteroatoms. The van der Waals surface area contributed by atoms with Gasteiger partial charge >= 0.3 is 101 Å². The number of hydrogen-bond donors (Lipinski definition) is 0. The van der Waals surface area contributed by atoms with Crippen molar-refractivity contribution in [3.63, 3.8) is 0 Å². The zero-order valence-corrected chi connectivity index (χ0v) is 12.5. The molecule has 0 spiro atoms. The molecule has 1 aromatic heterocycles. The molecule has 66 valence electrons. The molecule has 0 atom stereocenters. The molecule has 1 heterocycles. The van der Waals surface area contributed by atoms with Crippen molar-refractivity contribution in [3.8, 4) is 0 Å². The van der Waals surface area contributed by atoms with Crippen molar-refractivity contribution >= 4 is 58.1 Å². The van der Waals surface area contributed by atoms with Crippen LogP contribution in [0.5, 0.6) is 0 Å². The van der Waals surface area contributed by atoms with Crippen LogP contribution in [0.15, 0.2) is 0 Å². The molecular formula is C6H3Cl2N2O2Tl. The Hall–Kier alpha value is 0.0521. The van der Waals surface area contributed by atoms with Crippen molar-refractivity contribution < 1.29 is 9.53 Å². The average Bonchev–Trinajstić information content (AvgIpc) is 2.10. The minimum atomic E-state index is -0.538. The topological polar surface area (TPSA) is 52.1 Å². The van der Waals surface area contributed by atoms with Gasteiger partial charge in [-0.1, -0.05) is 0 Å². The van der Waals surface area contributed by atoms with Crippen molar-refractivity contribution in [2.24, 2.45) is 0 Å². The van der Waals surface area contributed by atoms with Crippen LogP contribution in [0.3, 0.4) is 0 Å². The first kappa shape index (κ1) is 11.1. The van der Waals surface area contributed by atoms with Gasteiger partial charge in [-0.2, -0.15) is 0 Å². The number of ether oxygens (including phenoxy) is 1. The summed E-state index contributed by atoms with van der Waals surface area (Å²) in [5.41, 5.74) is 0.164. The molecule has 0 N–H and O–H groups in total. The second kappa shape index (κ2) is 4.52. The molecule has 1 aromatic rings. The number of halogens is 2. The zero-order valence-electron chi connectivity index (χ0n) is 6.54. The SMILES string of the molecule is COC(=O)c1nc(Cl)nc(Cl)[c]1[Tl]. The van der Waals surface area contributed by atoms with Crippen molar-refractivity contribution in [2.75, 3.05) is 7.11 Å². The van der Waals surface area contributed by atoms with Crippen LogP contribution >= 0.6 is 23.2 Å². The first-order valence-corrected chi connectivity index (χ1v) is 6.13. The maximum absolute atomic E-state index is 11.1. The summed E-state index contributed by atoms with van der Waals surface area (Å²) >= 11 is 11.6. The molecule has 0 aromatic carbocycles. The van der Waals surface area contributed by atoms with E-state index in [0.717, 1.165) is 0 Å². The molecule has 0 amide bonds.